The molecule has 5 nitrogen and oxygen atoms in total. The van der Waals surface area contributed by atoms with Crippen molar-refractivity contribution in [3.63, 3.8) is 0 Å². The Kier molecular flexibility index (Phi) is 7.97. The summed E-state index contributed by atoms with van der Waals surface area (Å²) in [5, 5.41) is 5.83. The van der Waals surface area contributed by atoms with Gasteiger partial charge in [0.15, 0.2) is 0 Å². The highest BCUT2D eigenvalue weighted by Gasteiger charge is 2.21. The van der Waals surface area contributed by atoms with Gasteiger partial charge >= 0.3 is 0 Å². The number of amides is 2. The molecule has 2 aromatic rings. The third kappa shape index (κ3) is 7.02. The second kappa shape index (κ2) is 10.2. The Balaban J connectivity index is 1.99. The Morgan fingerprint density at radius 1 is 0.931 bits per heavy atom. The molecule has 0 aliphatic rings. The number of hydrogen-bond donors (Lipinski definition) is 2. The van der Waals surface area contributed by atoms with Gasteiger partial charge in [0.1, 0.15) is 0 Å². The smallest absolute Gasteiger partial charge is 0.251 e. The number of carbonyl (C=O) groups excluding carboxylic acids is 2. The Bertz CT molecular complexity index is 836. The fraction of sp³-hybridized carbons (Fsp3) is 0.417. The van der Waals surface area contributed by atoms with E-state index in [-0.39, 0.29) is 11.8 Å². The van der Waals surface area contributed by atoms with Crippen molar-refractivity contribution in [1.29, 1.82) is 0 Å². The summed E-state index contributed by atoms with van der Waals surface area (Å²) >= 11 is 0. The summed E-state index contributed by atoms with van der Waals surface area (Å²) in [4.78, 5) is 27.1. The van der Waals surface area contributed by atoms with E-state index in [0.717, 1.165) is 25.2 Å². The van der Waals surface area contributed by atoms with Gasteiger partial charge in [-0.3, -0.25) is 14.5 Å². The van der Waals surface area contributed by atoms with E-state index in [4.69, 9.17) is 0 Å². The zero-order valence-electron chi connectivity index (χ0n) is 18.2. The summed E-state index contributed by atoms with van der Waals surface area (Å²) < 4.78 is 0. The highest BCUT2D eigenvalue weighted by Crippen LogP contribution is 2.18. The predicted molar refractivity (Wildman–Crippen MR) is 119 cm³/mol. The molecule has 0 aromatic heterocycles. The zero-order valence-corrected chi connectivity index (χ0v) is 18.2. The normalized spacial score (nSPS) is 11.4. The van der Waals surface area contributed by atoms with Crippen LogP contribution in [0.25, 0.3) is 0 Å². The third-order valence-corrected chi connectivity index (χ3v) is 4.81. The van der Waals surface area contributed by atoms with Gasteiger partial charge in [-0.05, 0) is 42.4 Å². The van der Waals surface area contributed by atoms with E-state index in [0.29, 0.717) is 17.8 Å². The van der Waals surface area contributed by atoms with E-state index in [1.54, 1.807) is 24.3 Å². The van der Waals surface area contributed by atoms with Crippen LogP contribution < -0.4 is 10.6 Å². The van der Waals surface area contributed by atoms with Crippen molar-refractivity contribution in [2.75, 3.05) is 18.4 Å². The monoisotopic (exact) mass is 395 g/mol. The lowest BCUT2D eigenvalue weighted by Crippen LogP contribution is -2.28. The van der Waals surface area contributed by atoms with Crippen molar-refractivity contribution in [2.45, 2.75) is 47.7 Å². The van der Waals surface area contributed by atoms with Crippen molar-refractivity contribution < 1.29 is 9.59 Å². The van der Waals surface area contributed by atoms with Crippen LogP contribution in [0.4, 0.5) is 5.69 Å². The minimum Gasteiger partial charge on any atom is -0.348 e. The fourth-order valence-electron chi connectivity index (χ4n) is 2.88. The summed E-state index contributed by atoms with van der Waals surface area (Å²) in [6, 6.07) is 15.3. The van der Waals surface area contributed by atoms with Crippen LogP contribution in [0.5, 0.6) is 0 Å². The van der Waals surface area contributed by atoms with Gasteiger partial charge < -0.3 is 10.6 Å². The molecule has 0 saturated carbocycles. The molecule has 29 heavy (non-hydrogen) atoms. The molecular weight excluding hydrogens is 362 g/mol. The van der Waals surface area contributed by atoms with Gasteiger partial charge in [0, 0.05) is 29.8 Å². The molecule has 2 aromatic carbocycles. The van der Waals surface area contributed by atoms with Gasteiger partial charge in [-0.25, -0.2) is 0 Å². The molecule has 0 aliphatic heterocycles. The van der Waals surface area contributed by atoms with E-state index < -0.39 is 5.41 Å². The average Bonchev–Trinajstić information content (AvgIpc) is 2.70. The van der Waals surface area contributed by atoms with Crippen molar-refractivity contribution in [1.82, 2.24) is 10.2 Å². The second-order valence-corrected chi connectivity index (χ2v) is 8.25. The predicted octanol–water partition coefficient (Wildman–Crippen LogP) is 4.44. The van der Waals surface area contributed by atoms with Crippen LogP contribution in [0.1, 0.15) is 56.1 Å². The number of carbonyl (C=O) groups is 2. The minimum absolute atomic E-state index is 0.0833. The Hall–Kier alpha value is -2.66. The second-order valence-electron chi connectivity index (χ2n) is 8.25. The van der Waals surface area contributed by atoms with Crippen molar-refractivity contribution in [2.24, 2.45) is 5.41 Å². The van der Waals surface area contributed by atoms with Crippen LogP contribution in [-0.2, 0) is 17.9 Å². The third-order valence-electron chi connectivity index (χ3n) is 4.81. The van der Waals surface area contributed by atoms with Crippen LogP contribution >= 0.6 is 0 Å². The number of hydrogen-bond acceptors (Lipinski definition) is 3. The molecule has 0 fully saturated rings. The lowest BCUT2D eigenvalue weighted by Gasteiger charge is -2.18. The first-order valence-corrected chi connectivity index (χ1v) is 10.2. The van der Waals surface area contributed by atoms with Gasteiger partial charge in [0.2, 0.25) is 5.91 Å². The maximum Gasteiger partial charge on any atom is 0.251 e. The molecule has 2 N–H and O–H groups in total. The van der Waals surface area contributed by atoms with Crippen molar-refractivity contribution >= 4 is 17.5 Å². The zero-order chi connectivity index (χ0) is 21.4. The Morgan fingerprint density at radius 2 is 1.59 bits per heavy atom. The summed E-state index contributed by atoms with van der Waals surface area (Å²) in [5.74, 6) is -0.244. The lowest BCUT2D eigenvalue weighted by atomic mass is 9.95. The highest BCUT2D eigenvalue weighted by atomic mass is 16.2. The van der Waals surface area contributed by atoms with Crippen LogP contribution in [0.15, 0.2) is 48.5 Å². The van der Waals surface area contributed by atoms with Gasteiger partial charge in [-0.15, -0.1) is 0 Å². The quantitative estimate of drug-likeness (QED) is 0.694. The fourth-order valence-corrected chi connectivity index (χ4v) is 2.88. The molecule has 0 aliphatic carbocycles. The van der Waals surface area contributed by atoms with Gasteiger partial charge in [-0.2, -0.15) is 0 Å². The Morgan fingerprint density at radius 3 is 2.24 bits per heavy atom. The van der Waals surface area contributed by atoms with Crippen molar-refractivity contribution in [3.8, 4) is 0 Å². The van der Waals surface area contributed by atoms with Gasteiger partial charge in [0.25, 0.3) is 5.91 Å². The molecule has 0 atom stereocenters. The maximum absolute atomic E-state index is 12.6. The van der Waals surface area contributed by atoms with Gasteiger partial charge in [-0.1, -0.05) is 65.0 Å². The number of anilines is 1. The van der Waals surface area contributed by atoms with E-state index in [9.17, 15) is 9.59 Å². The lowest BCUT2D eigenvalue weighted by molar-refractivity contribution is -0.123. The molecule has 0 spiro atoms. The molecule has 156 valence electrons. The molecule has 0 heterocycles. The van der Waals surface area contributed by atoms with Gasteiger partial charge in [0.05, 0.1) is 0 Å². The van der Waals surface area contributed by atoms with Crippen LogP contribution in [0.3, 0.4) is 0 Å². The molecule has 5 heteroatoms. The number of nitrogens with one attached hydrogen (secondary N) is 2. The molecule has 0 saturated heterocycles. The Labute approximate surface area is 174 Å². The molecule has 0 bridgehead atoms. The topological polar surface area (TPSA) is 61.4 Å². The highest BCUT2D eigenvalue weighted by molar-refractivity contribution is 5.98. The van der Waals surface area contributed by atoms with E-state index in [1.807, 2.05) is 32.9 Å². The van der Waals surface area contributed by atoms with Crippen LogP contribution in [0, 0.1) is 5.41 Å². The first kappa shape index (κ1) is 22.6. The number of nitrogens with zero attached hydrogens (tertiary/aromatic N) is 1. The minimum atomic E-state index is -0.492. The summed E-state index contributed by atoms with van der Waals surface area (Å²) in [7, 11) is 0. The largest absolute Gasteiger partial charge is 0.348 e. The van der Waals surface area contributed by atoms with E-state index >= 15 is 0 Å². The number of benzene rings is 2. The molecular formula is C24H33N3O2. The number of rotatable bonds is 8. The molecule has 2 rings (SSSR count). The molecule has 2 amide bonds. The first-order chi connectivity index (χ1) is 13.7. The summed E-state index contributed by atoms with van der Waals surface area (Å²) in [5.41, 5.74) is 2.97. The average molecular weight is 396 g/mol. The first-order valence-electron chi connectivity index (χ1n) is 10.2. The van der Waals surface area contributed by atoms with Crippen molar-refractivity contribution in [3.05, 3.63) is 65.2 Å². The molecule has 0 unspecified atom stereocenters. The van der Waals surface area contributed by atoms with E-state index in [2.05, 4.69) is 41.5 Å². The standard InChI is InChI=1S/C24H33N3O2/c1-6-27(7-2)17-19-11-8-10-18(14-19)16-25-22(28)20-12-9-13-21(15-20)26-23(29)24(3,4)5/h8-15H,6-7,16-17H2,1-5H3,(H,25,28)(H,26,29). The summed E-state index contributed by atoms with van der Waals surface area (Å²) in [6.45, 7) is 13.3. The van der Waals surface area contributed by atoms with Crippen LogP contribution in [0.2, 0.25) is 0 Å². The molecule has 0 radical (unpaired) electrons. The summed E-state index contributed by atoms with van der Waals surface area (Å²) in [6.07, 6.45) is 0. The SMILES string of the molecule is CCN(CC)Cc1cccc(CNC(=O)c2cccc(NC(=O)C(C)(C)C)c2)c1. The van der Waals surface area contributed by atoms with Crippen LogP contribution in [-0.4, -0.2) is 29.8 Å². The van der Waals surface area contributed by atoms with E-state index in [1.165, 1.54) is 5.56 Å². The maximum atomic E-state index is 12.6.